The van der Waals surface area contributed by atoms with E-state index in [9.17, 15) is 29.0 Å². The number of aromatic nitrogens is 1. The number of carboxylic acid groups (broad SMARTS) is 1. The molecule has 3 aromatic carbocycles. The number of rotatable bonds is 14. The summed E-state index contributed by atoms with van der Waals surface area (Å²) in [7, 11) is 0. The minimum atomic E-state index is -1.26. The van der Waals surface area contributed by atoms with Crippen LogP contribution in [0.15, 0.2) is 84.9 Å². The van der Waals surface area contributed by atoms with Gasteiger partial charge in [0.2, 0.25) is 0 Å². The molecule has 4 aromatic rings. The Labute approximate surface area is 307 Å². The quantitative estimate of drug-likeness (QED) is 0.0949. The second-order valence-electron chi connectivity index (χ2n) is 12.1. The number of amides is 1. The molecular weight excluding hydrogens is 638 g/mol. The van der Waals surface area contributed by atoms with Gasteiger partial charge in [0, 0.05) is 35.8 Å². The van der Waals surface area contributed by atoms with Crippen molar-refractivity contribution >= 4 is 53.5 Å². The average molecular weight is 681 g/mol. The Hall–Kier alpha value is -4.06. The van der Waals surface area contributed by atoms with Crippen molar-refractivity contribution < 1.29 is 38.8 Å². The second-order valence-corrected chi connectivity index (χ2v) is 12.1. The van der Waals surface area contributed by atoms with Crippen LogP contribution in [0.2, 0.25) is 0 Å². The molecule has 1 amide bonds. The molecule has 9 nitrogen and oxygen atoms in total. The van der Waals surface area contributed by atoms with Crippen LogP contribution < -0.4 is 5.32 Å². The fraction of sp³-hybridized carbons (Fsp3) is 0.289. The molecule has 1 aromatic heterocycles. The van der Waals surface area contributed by atoms with Crippen LogP contribution >= 0.6 is 0 Å². The van der Waals surface area contributed by atoms with Crippen LogP contribution in [0.4, 0.5) is 4.39 Å². The molecular formula is C38H42FN2NaO7. The summed E-state index contributed by atoms with van der Waals surface area (Å²) in [6.07, 6.45) is -0.311. The van der Waals surface area contributed by atoms with Gasteiger partial charge in [-0.2, -0.15) is 0 Å². The van der Waals surface area contributed by atoms with E-state index in [0.717, 1.165) is 11.1 Å². The first-order valence-corrected chi connectivity index (χ1v) is 15.8. The molecule has 254 valence electrons. The van der Waals surface area contributed by atoms with Gasteiger partial charge in [-0.1, -0.05) is 60.7 Å². The van der Waals surface area contributed by atoms with Crippen molar-refractivity contribution in [1.82, 2.24) is 9.88 Å². The number of aliphatic hydroxyl groups excluding tert-OH is 2. The number of halogens is 1. The van der Waals surface area contributed by atoms with Gasteiger partial charge in [0.25, 0.3) is 5.91 Å². The number of carbonyl (C=O) groups excluding carboxylic acids is 2. The van der Waals surface area contributed by atoms with Crippen LogP contribution in [0.25, 0.3) is 28.3 Å². The van der Waals surface area contributed by atoms with Crippen LogP contribution in [0.5, 0.6) is 0 Å². The van der Waals surface area contributed by atoms with Crippen LogP contribution in [-0.2, 0) is 16.1 Å². The number of hydrogen-bond donors (Lipinski definition) is 4. The molecule has 0 saturated carbocycles. The molecule has 0 radical (unpaired) electrons. The number of aliphatic carboxylic acids is 1. The first-order valence-electron chi connectivity index (χ1n) is 15.8. The molecule has 0 saturated heterocycles. The first kappa shape index (κ1) is 39.4. The van der Waals surface area contributed by atoms with Crippen molar-refractivity contribution in [3.63, 3.8) is 0 Å². The molecule has 0 fully saturated rings. The monoisotopic (exact) mass is 680 g/mol. The number of esters is 1. The molecule has 11 heteroatoms. The summed E-state index contributed by atoms with van der Waals surface area (Å²) in [5.41, 5.74) is 4.65. The number of carbonyl (C=O) groups is 3. The third kappa shape index (κ3) is 10.5. The summed E-state index contributed by atoms with van der Waals surface area (Å²) in [6.45, 7) is 7.54. The molecule has 0 aliphatic carbocycles. The van der Waals surface area contributed by atoms with E-state index in [4.69, 9.17) is 9.84 Å². The molecule has 1 heterocycles. The third-order valence-corrected chi connectivity index (χ3v) is 7.56. The van der Waals surface area contributed by atoms with E-state index in [1.54, 1.807) is 56.3 Å². The number of benzene rings is 3. The molecule has 0 aliphatic rings. The predicted octanol–water partition coefficient (Wildman–Crippen LogP) is 5.99. The number of ether oxygens (including phenoxy) is 1. The zero-order valence-corrected chi connectivity index (χ0v) is 27.4. The van der Waals surface area contributed by atoms with Crippen molar-refractivity contribution in [2.75, 3.05) is 0 Å². The fourth-order valence-corrected chi connectivity index (χ4v) is 5.48. The van der Waals surface area contributed by atoms with Gasteiger partial charge in [0.05, 0.1) is 30.3 Å². The average Bonchev–Trinajstić information content (AvgIpc) is 3.38. The Balaban J connectivity index is 0.00000650. The van der Waals surface area contributed by atoms with Crippen molar-refractivity contribution in [3.8, 4) is 22.3 Å². The van der Waals surface area contributed by atoms with Gasteiger partial charge in [-0.3, -0.25) is 9.59 Å². The van der Waals surface area contributed by atoms with E-state index >= 15 is 0 Å². The molecule has 0 spiro atoms. The number of nitrogens with one attached hydrogen (secondary N) is 1. The van der Waals surface area contributed by atoms with E-state index in [2.05, 4.69) is 5.32 Å². The fourth-order valence-electron chi connectivity index (χ4n) is 5.48. The minimum absolute atomic E-state index is 0. The third-order valence-electron chi connectivity index (χ3n) is 7.56. The Morgan fingerprint density at radius 1 is 0.878 bits per heavy atom. The normalized spacial score (nSPS) is 12.5. The van der Waals surface area contributed by atoms with Gasteiger partial charge in [-0.15, -0.1) is 0 Å². The number of carboxylic acids is 1. The van der Waals surface area contributed by atoms with E-state index in [-0.39, 0.29) is 60.6 Å². The van der Waals surface area contributed by atoms with E-state index in [0.29, 0.717) is 33.6 Å². The van der Waals surface area contributed by atoms with Gasteiger partial charge in [-0.25, -0.2) is 9.18 Å². The summed E-state index contributed by atoms with van der Waals surface area (Å²) >= 11 is 0. The Bertz CT molecular complexity index is 1750. The number of hydrogen-bond acceptors (Lipinski definition) is 6. The molecule has 0 unspecified atom stereocenters. The Morgan fingerprint density at radius 3 is 2.06 bits per heavy atom. The van der Waals surface area contributed by atoms with Crippen molar-refractivity contribution in [2.45, 2.75) is 71.4 Å². The van der Waals surface area contributed by atoms with Crippen LogP contribution in [-0.4, -0.2) is 85.6 Å². The Morgan fingerprint density at radius 2 is 1.49 bits per heavy atom. The summed E-state index contributed by atoms with van der Waals surface area (Å²) in [4.78, 5) is 37.6. The summed E-state index contributed by atoms with van der Waals surface area (Å²) in [5.74, 6) is -2.42. The van der Waals surface area contributed by atoms with Crippen molar-refractivity contribution in [3.05, 3.63) is 113 Å². The Kier molecular flexibility index (Phi) is 14.5. The van der Waals surface area contributed by atoms with Gasteiger partial charge >= 0.3 is 41.5 Å². The van der Waals surface area contributed by atoms with Crippen molar-refractivity contribution in [2.24, 2.45) is 0 Å². The van der Waals surface area contributed by atoms with Gasteiger partial charge in [0.15, 0.2) is 0 Å². The molecule has 4 rings (SSSR count). The van der Waals surface area contributed by atoms with Crippen molar-refractivity contribution in [1.29, 1.82) is 0 Å². The molecule has 4 N–H and O–H groups in total. The van der Waals surface area contributed by atoms with E-state index in [1.165, 1.54) is 18.2 Å². The zero-order valence-electron chi connectivity index (χ0n) is 27.4. The number of nitrogens with zero attached hydrogens (tertiary/aromatic N) is 1. The summed E-state index contributed by atoms with van der Waals surface area (Å²) in [6, 6.07) is 21.8. The molecule has 0 aliphatic heterocycles. The van der Waals surface area contributed by atoms with Crippen LogP contribution in [0, 0.1) is 5.82 Å². The molecule has 49 heavy (non-hydrogen) atoms. The zero-order chi connectivity index (χ0) is 35.0. The SMILES string of the molecule is CC(C)OC(=O)c1ccc(CNC(=O)c2c(-c3ccccc3)c(-c3ccc(F)cc3)c(C=C[C@@H](O)C[C@@H](O)CC(=O)O)n2C(C)C)cc1.[NaH]. The number of aliphatic hydroxyl groups is 2. The molecule has 2 atom stereocenters. The van der Waals surface area contributed by atoms with Gasteiger partial charge in [0.1, 0.15) is 11.5 Å². The standard InChI is InChI=1S/C38H41FN2O7.Na.H/c1-23(2)41-32(19-18-30(42)20-31(43)21-33(44)45)34(27-14-16-29(39)17-15-27)35(26-8-6-5-7-9-26)36(41)37(46)40-22-25-10-12-28(13-11-25)38(47)48-24(3)4;;/h5-19,23-24,30-31,42-43H,20-22H2,1-4H3,(H,40,46)(H,44,45);;/t30-,31-;;/m1../s1. The molecule has 0 bridgehead atoms. The van der Waals surface area contributed by atoms with Crippen LogP contribution in [0.3, 0.4) is 0 Å². The topological polar surface area (TPSA) is 138 Å². The maximum absolute atomic E-state index is 14.2. The summed E-state index contributed by atoms with van der Waals surface area (Å²) in [5, 5.41) is 32.8. The van der Waals surface area contributed by atoms with E-state index < -0.39 is 36.4 Å². The van der Waals surface area contributed by atoms with E-state index in [1.807, 2.05) is 48.7 Å². The van der Waals surface area contributed by atoms with Crippen LogP contribution in [0.1, 0.15) is 78.7 Å². The summed E-state index contributed by atoms with van der Waals surface area (Å²) < 4.78 is 21.2. The first-order chi connectivity index (χ1) is 22.8. The second kappa shape index (κ2) is 18.1. The maximum atomic E-state index is 14.2. The van der Waals surface area contributed by atoms with Gasteiger partial charge in [-0.05, 0) is 74.7 Å². The van der Waals surface area contributed by atoms with Gasteiger partial charge < -0.3 is 29.9 Å². The predicted molar refractivity (Wildman–Crippen MR) is 189 cm³/mol.